The summed E-state index contributed by atoms with van der Waals surface area (Å²) in [5.41, 5.74) is 0.246. The first-order chi connectivity index (χ1) is 8.37. The van der Waals surface area contributed by atoms with Gasteiger partial charge in [-0.3, -0.25) is 4.79 Å². The van der Waals surface area contributed by atoms with Gasteiger partial charge in [-0.2, -0.15) is 13.2 Å². The Morgan fingerprint density at radius 3 is 2.67 bits per heavy atom. The molecule has 0 radical (unpaired) electrons. The maximum Gasteiger partial charge on any atom is 0.411 e. The van der Waals surface area contributed by atoms with Crippen LogP contribution in [-0.2, 0) is 9.53 Å². The van der Waals surface area contributed by atoms with Crippen LogP contribution in [0.5, 0.6) is 0 Å². The highest BCUT2D eigenvalue weighted by atomic mass is 19.4. The van der Waals surface area contributed by atoms with Crippen LogP contribution < -0.4 is 5.32 Å². The number of benzene rings is 1. The molecule has 1 N–H and O–H groups in total. The number of halogens is 4. The predicted molar refractivity (Wildman–Crippen MR) is 56.5 cm³/mol. The summed E-state index contributed by atoms with van der Waals surface area (Å²) in [5.74, 6) is -1.05. The Kier molecular flexibility index (Phi) is 5.08. The lowest BCUT2D eigenvalue weighted by Crippen LogP contribution is -2.20. The lowest BCUT2D eigenvalue weighted by Gasteiger charge is -2.08. The summed E-state index contributed by atoms with van der Waals surface area (Å²) in [6.07, 6.45) is -4.63. The van der Waals surface area contributed by atoms with Gasteiger partial charge in [0.05, 0.1) is 13.0 Å². The van der Waals surface area contributed by atoms with Gasteiger partial charge in [0.2, 0.25) is 5.91 Å². The number of amides is 1. The summed E-state index contributed by atoms with van der Waals surface area (Å²) in [7, 11) is 0. The van der Waals surface area contributed by atoms with E-state index in [1.54, 1.807) is 0 Å². The second-order valence-corrected chi connectivity index (χ2v) is 3.48. The van der Waals surface area contributed by atoms with Gasteiger partial charge in [-0.25, -0.2) is 4.39 Å². The molecule has 1 amide bonds. The molecule has 0 aliphatic heterocycles. The third kappa shape index (κ3) is 6.19. The third-order valence-electron chi connectivity index (χ3n) is 1.85. The van der Waals surface area contributed by atoms with E-state index in [0.29, 0.717) is 0 Å². The van der Waals surface area contributed by atoms with E-state index in [9.17, 15) is 22.4 Å². The van der Waals surface area contributed by atoms with Gasteiger partial charge in [-0.05, 0) is 18.2 Å². The van der Waals surface area contributed by atoms with E-state index in [2.05, 4.69) is 10.1 Å². The Hall–Kier alpha value is -1.63. The van der Waals surface area contributed by atoms with Crippen molar-refractivity contribution in [2.75, 3.05) is 18.5 Å². The topological polar surface area (TPSA) is 38.3 Å². The SMILES string of the molecule is O=C(CCOCC(F)(F)F)Nc1cccc(F)c1. The molecule has 18 heavy (non-hydrogen) atoms. The quantitative estimate of drug-likeness (QED) is 0.656. The largest absolute Gasteiger partial charge is 0.411 e. The number of rotatable bonds is 5. The van der Waals surface area contributed by atoms with Gasteiger partial charge in [0.15, 0.2) is 0 Å². The summed E-state index contributed by atoms with van der Waals surface area (Å²) in [6.45, 7) is -1.74. The molecule has 1 aromatic rings. The smallest absolute Gasteiger partial charge is 0.372 e. The van der Waals surface area contributed by atoms with E-state index in [1.165, 1.54) is 18.2 Å². The number of nitrogens with one attached hydrogen (secondary N) is 1. The van der Waals surface area contributed by atoms with Crippen molar-refractivity contribution in [2.24, 2.45) is 0 Å². The normalized spacial score (nSPS) is 11.3. The van der Waals surface area contributed by atoms with Crippen molar-refractivity contribution in [2.45, 2.75) is 12.6 Å². The lowest BCUT2D eigenvalue weighted by atomic mass is 10.3. The predicted octanol–water partition coefficient (Wildman–Crippen LogP) is 2.73. The molecule has 0 saturated carbocycles. The molecule has 0 spiro atoms. The second kappa shape index (κ2) is 6.34. The molecular formula is C11H11F4NO2. The molecule has 0 heterocycles. The number of carbonyl (C=O) groups excluding carboxylic acids is 1. The average molecular weight is 265 g/mol. The zero-order valence-corrected chi connectivity index (χ0v) is 9.26. The molecule has 0 bridgehead atoms. The fourth-order valence-corrected chi connectivity index (χ4v) is 1.14. The first kappa shape index (κ1) is 14.4. The first-order valence-corrected chi connectivity index (χ1v) is 5.07. The highest BCUT2D eigenvalue weighted by Gasteiger charge is 2.27. The van der Waals surface area contributed by atoms with E-state index in [0.717, 1.165) is 6.07 Å². The molecule has 0 saturated heterocycles. The Bertz CT molecular complexity index is 406. The summed E-state index contributed by atoms with van der Waals surface area (Å²) in [6, 6.07) is 5.19. The van der Waals surface area contributed by atoms with Gasteiger partial charge < -0.3 is 10.1 Å². The monoisotopic (exact) mass is 265 g/mol. The van der Waals surface area contributed by atoms with E-state index < -0.39 is 24.5 Å². The number of hydrogen-bond acceptors (Lipinski definition) is 2. The van der Waals surface area contributed by atoms with Crippen LogP contribution in [0.1, 0.15) is 6.42 Å². The summed E-state index contributed by atoms with van der Waals surface area (Å²) in [5, 5.41) is 2.34. The molecule has 0 aliphatic rings. The zero-order chi connectivity index (χ0) is 13.6. The van der Waals surface area contributed by atoms with Crippen LogP contribution in [0.25, 0.3) is 0 Å². The van der Waals surface area contributed by atoms with Crippen molar-refractivity contribution in [3.05, 3.63) is 30.1 Å². The van der Waals surface area contributed by atoms with E-state index >= 15 is 0 Å². The van der Waals surface area contributed by atoms with Crippen LogP contribution in [0.3, 0.4) is 0 Å². The molecule has 0 aliphatic carbocycles. The van der Waals surface area contributed by atoms with Gasteiger partial charge in [0.25, 0.3) is 0 Å². The van der Waals surface area contributed by atoms with Crippen LogP contribution in [0.15, 0.2) is 24.3 Å². The van der Waals surface area contributed by atoms with Crippen LogP contribution in [-0.4, -0.2) is 25.3 Å². The Balaban J connectivity index is 2.26. The minimum Gasteiger partial charge on any atom is -0.372 e. The fraction of sp³-hybridized carbons (Fsp3) is 0.364. The van der Waals surface area contributed by atoms with E-state index in [4.69, 9.17) is 0 Å². The molecule has 0 fully saturated rings. The van der Waals surface area contributed by atoms with Crippen LogP contribution >= 0.6 is 0 Å². The maximum atomic E-state index is 12.8. The number of anilines is 1. The Labute approximate surface area is 101 Å². The molecule has 3 nitrogen and oxygen atoms in total. The zero-order valence-electron chi connectivity index (χ0n) is 9.26. The average Bonchev–Trinajstić information content (AvgIpc) is 2.23. The van der Waals surface area contributed by atoms with E-state index in [-0.39, 0.29) is 18.7 Å². The van der Waals surface area contributed by atoms with Crippen molar-refractivity contribution in [3.63, 3.8) is 0 Å². The maximum absolute atomic E-state index is 12.8. The number of hydrogen-bond donors (Lipinski definition) is 1. The highest BCUT2D eigenvalue weighted by Crippen LogP contribution is 2.14. The number of carbonyl (C=O) groups is 1. The molecule has 0 aromatic heterocycles. The standard InChI is InChI=1S/C11H11F4NO2/c12-8-2-1-3-9(6-8)16-10(17)4-5-18-7-11(13,14)15/h1-3,6H,4-5,7H2,(H,16,17). The molecular weight excluding hydrogens is 254 g/mol. The molecule has 0 unspecified atom stereocenters. The first-order valence-electron chi connectivity index (χ1n) is 5.07. The second-order valence-electron chi connectivity index (χ2n) is 3.48. The summed E-state index contributed by atoms with van der Waals surface area (Å²) < 4.78 is 52.1. The molecule has 1 aromatic carbocycles. The van der Waals surface area contributed by atoms with Gasteiger partial charge >= 0.3 is 6.18 Å². The summed E-state index contributed by atoms with van der Waals surface area (Å²) >= 11 is 0. The summed E-state index contributed by atoms with van der Waals surface area (Å²) in [4.78, 5) is 11.3. The van der Waals surface area contributed by atoms with Crippen molar-refractivity contribution in [1.29, 1.82) is 0 Å². The van der Waals surface area contributed by atoms with Crippen LogP contribution in [0, 0.1) is 5.82 Å². The molecule has 0 atom stereocenters. The fourth-order valence-electron chi connectivity index (χ4n) is 1.14. The Morgan fingerprint density at radius 1 is 1.33 bits per heavy atom. The van der Waals surface area contributed by atoms with Crippen molar-refractivity contribution in [3.8, 4) is 0 Å². The van der Waals surface area contributed by atoms with Gasteiger partial charge in [-0.15, -0.1) is 0 Å². The molecule has 1 rings (SSSR count). The van der Waals surface area contributed by atoms with Crippen molar-refractivity contribution in [1.82, 2.24) is 0 Å². The Morgan fingerprint density at radius 2 is 2.06 bits per heavy atom. The van der Waals surface area contributed by atoms with Crippen molar-refractivity contribution < 1.29 is 27.1 Å². The van der Waals surface area contributed by atoms with Crippen molar-refractivity contribution >= 4 is 11.6 Å². The highest BCUT2D eigenvalue weighted by molar-refractivity contribution is 5.90. The lowest BCUT2D eigenvalue weighted by molar-refractivity contribution is -0.174. The van der Waals surface area contributed by atoms with Crippen LogP contribution in [0.4, 0.5) is 23.2 Å². The molecule has 7 heteroatoms. The molecule has 100 valence electrons. The van der Waals surface area contributed by atoms with E-state index in [1.807, 2.05) is 0 Å². The third-order valence-corrected chi connectivity index (χ3v) is 1.85. The van der Waals surface area contributed by atoms with Gasteiger partial charge in [-0.1, -0.05) is 6.07 Å². The van der Waals surface area contributed by atoms with Gasteiger partial charge in [0.1, 0.15) is 12.4 Å². The minimum absolute atomic E-state index is 0.230. The van der Waals surface area contributed by atoms with Gasteiger partial charge in [0, 0.05) is 5.69 Å². The minimum atomic E-state index is -4.40. The number of alkyl halides is 3. The van der Waals surface area contributed by atoms with Crippen LogP contribution in [0.2, 0.25) is 0 Å². The number of ether oxygens (including phenoxy) is 1.